The first-order chi connectivity index (χ1) is 10.4. The van der Waals surface area contributed by atoms with Crippen molar-refractivity contribution >= 4 is 5.78 Å². The van der Waals surface area contributed by atoms with E-state index in [1.807, 2.05) is 6.08 Å². The number of fused-ring (bicyclic) bond motifs is 5. The molecule has 0 amide bonds. The predicted octanol–water partition coefficient (Wildman–Crippen LogP) is 3.68. The molecule has 0 bridgehead atoms. The number of carbonyl (C=O) groups is 1. The SMILES string of the molecule is C[C@@H]1CC2=CC(=O)CC[C@@H]2C2CC[C@@]3(C)C(C[C@H](F)[C@@H]3O)C21. The van der Waals surface area contributed by atoms with Crippen LogP contribution in [0.1, 0.15) is 52.4 Å². The van der Waals surface area contributed by atoms with Crippen molar-refractivity contribution in [2.24, 2.45) is 35.0 Å². The van der Waals surface area contributed by atoms with Crippen molar-refractivity contribution in [3.8, 4) is 0 Å². The monoisotopic (exact) mass is 306 g/mol. The van der Waals surface area contributed by atoms with E-state index < -0.39 is 12.3 Å². The Morgan fingerprint density at radius 1 is 1.36 bits per heavy atom. The standard InChI is InChI=1S/C19H27FO2/c1-10-7-11-8-12(21)3-4-13(11)14-5-6-19(2)15(17(10)14)9-16(20)18(19)22/h8,10,13-18,22H,3-7,9H2,1-2H3/t10-,13+,14?,15?,16+,17?,18+,19+/m1/s1. The Labute approximate surface area is 132 Å². The van der Waals surface area contributed by atoms with E-state index in [0.29, 0.717) is 42.4 Å². The molecule has 3 unspecified atom stereocenters. The molecule has 122 valence electrons. The Bertz CT molecular complexity index is 528. The molecule has 4 aliphatic rings. The molecule has 22 heavy (non-hydrogen) atoms. The smallest absolute Gasteiger partial charge is 0.155 e. The van der Waals surface area contributed by atoms with Crippen molar-refractivity contribution in [2.45, 2.75) is 64.6 Å². The van der Waals surface area contributed by atoms with Crippen LogP contribution >= 0.6 is 0 Å². The molecule has 3 heteroatoms. The molecular formula is C19H27FO2. The summed E-state index contributed by atoms with van der Waals surface area (Å²) in [5, 5.41) is 10.4. The van der Waals surface area contributed by atoms with Crippen molar-refractivity contribution in [3.63, 3.8) is 0 Å². The Kier molecular flexibility index (Phi) is 3.31. The highest BCUT2D eigenvalue weighted by Gasteiger charge is 2.60. The molecule has 0 saturated heterocycles. The minimum Gasteiger partial charge on any atom is -0.390 e. The lowest BCUT2D eigenvalue weighted by molar-refractivity contribution is -0.116. The number of alkyl halides is 1. The fourth-order valence-corrected chi connectivity index (χ4v) is 6.54. The average Bonchev–Trinajstić information content (AvgIpc) is 2.70. The van der Waals surface area contributed by atoms with Crippen LogP contribution in [0.2, 0.25) is 0 Å². The van der Waals surface area contributed by atoms with Crippen molar-refractivity contribution in [1.82, 2.24) is 0 Å². The van der Waals surface area contributed by atoms with Crippen LogP contribution in [-0.4, -0.2) is 23.2 Å². The number of carbonyl (C=O) groups excluding carboxylic acids is 1. The number of hydrogen-bond donors (Lipinski definition) is 1. The van der Waals surface area contributed by atoms with Gasteiger partial charge in [-0.25, -0.2) is 4.39 Å². The summed E-state index contributed by atoms with van der Waals surface area (Å²) in [5.74, 6) is 2.76. The van der Waals surface area contributed by atoms with Gasteiger partial charge in [-0.05, 0) is 73.2 Å². The Morgan fingerprint density at radius 2 is 2.14 bits per heavy atom. The quantitative estimate of drug-likeness (QED) is 0.741. The fraction of sp³-hybridized carbons (Fsp3) is 0.842. The van der Waals surface area contributed by atoms with Gasteiger partial charge in [0, 0.05) is 6.42 Å². The molecule has 0 aromatic heterocycles. The van der Waals surface area contributed by atoms with Gasteiger partial charge < -0.3 is 5.11 Å². The van der Waals surface area contributed by atoms with Gasteiger partial charge in [-0.2, -0.15) is 0 Å². The maximum Gasteiger partial charge on any atom is 0.155 e. The molecule has 4 aliphatic carbocycles. The van der Waals surface area contributed by atoms with Gasteiger partial charge in [-0.1, -0.05) is 19.4 Å². The predicted molar refractivity (Wildman–Crippen MR) is 82.9 cm³/mol. The molecular weight excluding hydrogens is 279 g/mol. The zero-order valence-electron chi connectivity index (χ0n) is 13.6. The molecule has 1 N–H and O–H groups in total. The fourth-order valence-electron chi connectivity index (χ4n) is 6.54. The first kappa shape index (κ1) is 14.9. The first-order valence-electron chi connectivity index (χ1n) is 8.97. The largest absolute Gasteiger partial charge is 0.390 e. The van der Waals surface area contributed by atoms with Gasteiger partial charge in [-0.3, -0.25) is 4.79 Å². The highest BCUT2D eigenvalue weighted by atomic mass is 19.1. The van der Waals surface area contributed by atoms with E-state index in [0.717, 1.165) is 25.7 Å². The summed E-state index contributed by atoms with van der Waals surface area (Å²) in [6.07, 6.45) is 5.31. The minimum atomic E-state index is -1.05. The maximum atomic E-state index is 14.2. The first-order valence-corrected chi connectivity index (χ1v) is 8.97. The number of halogens is 1. The second-order valence-corrected chi connectivity index (χ2v) is 8.60. The molecule has 0 heterocycles. The second kappa shape index (κ2) is 4.90. The summed E-state index contributed by atoms with van der Waals surface area (Å²) in [7, 11) is 0. The molecule has 3 saturated carbocycles. The van der Waals surface area contributed by atoms with Crippen LogP contribution in [0, 0.1) is 35.0 Å². The summed E-state index contributed by atoms with van der Waals surface area (Å²) < 4.78 is 14.2. The molecule has 0 aromatic carbocycles. The third-order valence-corrected chi connectivity index (χ3v) is 7.58. The van der Waals surface area contributed by atoms with Crippen LogP contribution in [0.15, 0.2) is 11.6 Å². The lowest BCUT2D eigenvalue weighted by Crippen LogP contribution is -2.50. The summed E-state index contributed by atoms with van der Waals surface area (Å²) in [6, 6.07) is 0. The third-order valence-electron chi connectivity index (χ3n) is 7.58. The van der Waals surface area contributed by atoms with E-state index in [-0.39, 0.29) is 11.2 Å². The van der Waals surface area contributed by atoms with Crippen LogP contribution in [0.4, 0.5) is 4.39 Å². The molecule has 0 aliphatic heterocycles. The lowest BCUT2D eigenvalue weighted by atomic mass is 9.49. The number of aliphatic hydroxyl groups is 1. The van der Waals surface area contributed by atoms with Gasteiger partial charge in [0.05, 0.1) is 6.10 Å². The van der Waals surface area contributed by atoms with Crippen LogP contribution in [-0.2, 0) is 4.79 Å². The van der Waals surface area contributed by atoms with E-state index >= 15 is 0 Å². The Balaban J connectivity index is 1.69. The van der Waals surface area contributed by atoms with Gasteiger partial charge in [-0.15, -0.1) is 0 Å². The van der Waals surface area contributed by atoms with E-state index in [2.05, 4.69) is 13.8 Å². The molecule has 2 nitrogen and oxygen atoms in total. The van der Waals surface area contributed by atoms with Crippen LogP contribution in [0.3, 0.4) is 0 Å². The number of aliphatic hydroxyl groups excluding tert-OH is 1. The molecule has 0 aromatic rings. The highest BCUT2D eigenvalue weighted by molar-refractivity contribution is 5.91. The normalized spacial score (nSPS) is 54.3. The van der Waals surface area contributed by atoms with Crippen LogP contribution in [0.5, 0.6) is 0 Å². The lowest BCUT2D eigenvalue weighted by Gasteiger charge is -2.55. The average molecular weight is 306 g/mol. The Hall–Kier alpha value is -0.700. The van der Waals surface area contributed by atoms with Gasteiger partial charge in [0.25, 0.3) is 0 Å². The molecule has 8 atom stereocenters. The molecule has 0 radical (unpaired) electrons. The second-order valence-electron chi connectivity index (χ2n) is 8.60. The third kappa shape index (κ3) is 1.90. The summed E-state index contributed by atoms with van der Waals surface area (Å²) >= 11 is 0. The topological polar surface area (TPSA) is 37.3 Å². The van der Waals surface area contributed by atoms with E-state index in [1.54, 1.807) is 0 Å². The van der Waals surface area contributed by atoms with Crippen molar-refractivity contribution in [3.05, 3.63) is 11.6 Å². The molecule has 4 rings (SSSR count). The highest BCUT2D eigenvalue weighted by Crippen LogP contribution is 2.63. The summed E-state index contributed by atoms with van der Waals surface area (Å²) in [6.45, 7) is 4.39. The minimum absolute atomic E-state index is 0.236. The molecule has 0 spiro atoms. The number of ketones is 1. The summed E-state index contributed by atoms with van der Waals surface area (Å²) in [5.41, 5.74) is 1.13. The van der Waals surface area contributed by atoms with E-state index in [4.69, 9.17) is 0 Å². The number of hydrogen-bond acceptors (Lipinski definition) is 2. The van der Waals surface area contributed by atoms with Crippen molar-refractivity contribution in [1.29, 1.82) is 0 Å². The van der Waals surface area contributed by atoms with Gasteiger partial charge >= 0.3 is 0 Å². The molecule has 3 fully saturated rings. The Morgan fingerprint density at radius 3 is 2.91 bits per heavy atom. The number of rotatable bonds is 0. The van der Waals surface area contributed by atoms with Gasteiger partial charge in [0.15, 0.2) is 5.78 Å². The van der Waals surface area contributed by atoms with Crippen molar-refractivity contribution < 1.29 is 14.3 Å². The van der Waals surface area contributed by atoms with Crippen LogP contribution < -0.4 is 0 Å². The zero-order chi connectivity index (χ0) is 15.6. The van der Waals surface area contributed by atoms with Gasteiger partial charge in [0.1, 0.15) is 6.17 Å². The van der Waals surface area contributed by atoms with Crippen molar-refractivity contribution in [2.75, 3.05) is 0 Å². The zero-order valence-corrected chi connectivity index (χ0v) is 13.6. The van der Waals surface area contributed by atoms with Crippen LogP contribution in [0.25, 0.3) is 0 Å². The van der Waals surface area contributed by atoms with E-state index in [1.165, 1.54) is 5.57 Å². The summed E-state index contributed by atoms with van der Waals surface area (Å²) in [4.78, 5) is 11.7. The number of allylic oxidation sites excluding steroid dienone is 1. The maximum absolute atomic E-state index is 14.2. The van der Waals surface area contributed by atoms with Gasteiger partial charge in [0.2, 0.25) is 0 Å². The van der Waals surface area contributed by atoms with E-state index in [9.17, 15) is 14.3 Å².